The van der Waals surface area contributed by atoms with Crippen LogP contribution in [-0.2, 0) is 11.2 Å². The van der Waals surface area contributed by atoms with Crippen molar-refractivity contribution in [2.24, 2.45) is 0 Å². The third kappa shape index (κ3) is 2.76. The van der Waals surface area contributed by atoms with Crippen molar-refractivity contribution < 1.29 is 15.0 Å². The zero-order valence-corrected chi connectivity index (χ0v) is 10.7. The number of hydrogen-bond donors (Lipinski definition) is 2. The number of aliphatic hydroxyl groups is 1. The first kappa shape index (κ1) is 13.2. The Labute approximate surface area is 111 Å². The van der Waals surface area contributed by atoms with Crippen molar-refractivity contribution in [1.29, 1.82) is 0 Å². The molecule has 98 valence electrons. The van der Waals surface area contributed by atoms with Gasteiger partial charge < -0.3 is 15.1 Å². The maximum atomic E-state index is 12.1. The second-order valence-electron chi connectivity index (χ2n) is 4.52. The minimum atomic E-state index is -0.0617. The molecular formula is C13H16ClNO3. The summed E-state index contributed by atoms with van der Waals surface area (Å²) in [4.78, 5) is 13.8. The monoisotopic (exact) mass is 269 g/mol. The molecule has 1 heterocycles. The highest BCUT2D eigenvalue weighted by molar-refractivity contribution is 6.31. The molecule has 1 aromatic carbocycles. The largest absolute Gasteiger partial charge is 0.508 e. The molecule has 2 rings (SSSR count). The molecule has 1 aliphatic heterocycles. The Hall–Kier alpha value is -1.26. The van der Waals surface area contributed by atoms with Crippen molar-refractivity contribution in [2.75, 3.05) is 13.2 Å². The van der Waals surface area contributed by atoms with E-state index in [1.807, 2.05) is 0 Å². The van der Waals surface area contributed by atoms with E-state index in [4.69, 9.17) is 11.6 Å². The Morgan fingerprint density at radius 1 is 1.50 bits per heavy atom. The molecule has 1 amide bonds. The lowest BCUT2D eigenvalue weighted by molar-refractivity contribution is -0.131. The normalized spacial score (nSPS) is 19.2. The first-order valence-electron chi connectivity index (χ1n) is 5.99. The highest BCUT2D eigenvalue weighted by Gasteiger charge is 2.28. The average molecular weight is 270 g/mol. The van der Waals surface area contributed by atoms with Gasteiger partial charge in [0.1, 0.15) is 5.75 Å². The molecule has 1 aromatic rings. The molecule has 0 spiro atoms. The number of phenols is 1. The number of carbonyl (C=O) groups is 1. The van der Waals surface area contributed by atoms with E-state index in [0.29, 0.717) is 17.1 Å². The Morgan fingerprint density at radius 3 is 2.94 bits per heavy atom. The van der Waals surface area contributed by atoms with Gasteiger partial charge in [-0.3, -0.25) is 4.79 Å². The van der Waals surface area contributed by atoms with Crippen molar-refractivity contribution in [3.63, 3.8) is 0 Å². The van der Waals surface area contributed by atoms with E-state index in [-0.39, 0.29) is 30.7 Å². The van der Waals surface area contributed by atoms with E-state index in [1.54, 1.807) is 11.0 Å². The Morgan fingerprint density at radius 2 is 2.28 bits per heavy atom. The molecule has 0 radical (unpaired) electrons. The third-order valence-electron chi connectivity index (χ3n) is 3.29. The van der Waals surface area contributed by atoms with Crippen molar-refractivity contribution >= 4 is 17.5 Å². The Balaban J connectivity index is 2.07. The zero-order chi connectivity index (χ0) is 13.1. The van der Waals surface area contributed by atoms with Crippen LogP contribution >= 0.6 is 11.6 Å². The van der Waals surface area contributed by atoms with E-state index < -0.39 is 0 Å². The van der Waals surface area contributed by atoms with Gasteiger partial charge in [0, 0.05) is 11.6 Å². The number of carbonyl (C=O) groups excluding carboxylic acids is 1. The van der Waals surface area contributed by atoms with Crippen LogP contribution in [0.25, 0.3) is 0 Å². The second kappa shape index (κ2) is 5.59. The summed E-state index contributed by atoms with van der Waals surface area (Å²) < 4.78 is 0. The van der Waals surface area contributed by atoms with Gasteiger partial charge in [0.25, 0.3) is 0 Å². The van der Waals surface area contributed by atoms with Crippen LogP contribution in [0.5, 0.6) is 5.75 Å². The summed E-state index contributed by atoms with van der Waals surface area (Å²) in [6, 6.07) is 4.53. The fourth-order valence-electron chi connectivity index (χ4n) is 2.30. The molecule has 1 atom stereocenters. The van der Waals surface area contributed by atoms with E-state index in [0.717, 1.165) is 12.8 Å². The third-order valence-corrected chi connectivity index (χ3v) is 3.64. The van der Waals surface area contributed by atoms with Crippen LogP contribution in [0.15, 0.2) is 18.2 Å². The second-order valence-corrected chi connectivity index (χ2v) is 4.93. The average Bonchev–Trinajstić information content (AvgIpc) is 2.81. The number of likely N-dealkylation sites (tertiary alicyclic amines) is 1. The van der Waals surface area contributed by atoms with Gasteiger partial charge in [0.15, 0.2) is 0 Å². The van der Waals surface area contributed by atoms with Crippen LogP contribution in [0.2, 0.25) is 5.02 Å². The van der Waals surface area contributed by atoms with Crippen molar-refractivity contribution in [3.05, 3.63) is 28.8 Å². The van der Waals surface area contributed by atoms with E-state index in [2.05, 4.69) is 0 Å². The number of rotatable bonds is 3. The topological polar surface area (TPSA) is 60.8 Å². The molecule has 0 bridgehead atoms. The summed E-state index contributed by atoms with van der Waals surface area (Å²) in [7, 11) is 0. The first-order chi connectivity index (χ1) is 8.61. The Bertz CT molecular complexity index is 450. The van der Waals surface area contributed by atoms with Crippen molar-refractivity contribution in [2.45, 2.75) is 25.3 Å². The first-order valence-corrected chi connectivity index (χ1v) is 6.37. The maximum absolute atomic E-state index is 12.1. The molecular weight excluding hydrogens is 254 g/mol. The van der Waals surface area contributed by atoms with Gasteiger partial charge in [0.2, 0.25) is 5.91 Å². The van der Waals surface area contributed by atoms with Crippen LogP contribution in [0.4, 0.5) is 0 Å². The van der Waals surface area contributed by atoms with Gasteiger partial charge in [-0.2, -0.15) is 0 Å². The van der Waals surface area contributed by atoms with E-state index in [1.165, 1.54) is 12.1 Å². The molecule has 0 aromatic heterocycles. The standard InChI is InChI=1S/C13H16ClNO3/c14-12-7-11(17)4-3-9(12)6-13(18)15-5-1-2-10(15)8-16/h3-4,7,10,16-17H,1-2,5-6,8H2. The van der Waals surface area contributed by atoms with Crippen LogP contribution in [-0.4, -0.2) is 40.2 Å². The van der Waals surface area contributed by atoms with Gasteiger partial charge >= 0.3 is 0 Å². The van der Waals surface area contributed by atoms with E-state index in [9.17, 15) is 15.0 Å². The van der Waals surface area contributed by atoms with Gasteiger partial charge in [0.05, 0.1) is 19.1 Å². The molecule has 2 N–H and O–H groups in total. The lowest BCUT2D eigenvalue weighted by Gasteiger charge is -2.23. The predicted molar refractivity (Wildman–Crippen MR) is 68.6 cm³/mol. The molecule has 1 fully saturated rings. The predicted octanol–water partition coefficient (Wildman–Crippen LogP) is 1.57. The SMILES string of the molecule is O=C(Cc1ccc(O)cc1Cl)N1CCCC1CO. The molecule has 4 nitrogen and oxygen atoms in total. The smallest absolute Gasteiger partial charge is 0.227 e. The number of benzene rings is 1. The number of nitrogens with zero attached hydrogens (tertiary/aromatic N) is 1. The van der Waals surface area contributed by atoms with E-state index >= 15 is 0 Å². The summed E-state index contributed by atoms with van der Waals surface area (Å²) in [6.45, 7) is 0.703. The van der Waals surface area contributed by atoms with Crippen molar-refractivity contribution in [1.82, 2.24) is 4.90 Å². The lowest BCUT2D eigenvalue weighted by Crippen LogP contribution is -2.38. The van der Waals surface area contributed by atoms with Gasteiger partial charge in [-0.25, -0.2) is 0 Å². The lowest BCUT2D eigenvalue weighted by atomic mass is 10.1. The highest BCUT2D eigenvalue weighted by Crippen LogP contribution is 2.24. The van der Waals surface area contributed by atoms with Crippen LogP contribution < -0.4 is 0 Å². The summed E-state index contributed by atoms with van der Waals surface area (Å²) in [5.41, 5.74) is 0.697. The van der Waals surface area contributed by atoms with Crippen LogP contribution in [0.3, 0.4) is 0 Å². The van der Waals surface area contributed by atoms with Crippen LogP contribution in [0, 0.1) is 0 Å². The molecule has 1 unspecified atom stereocenters. The maximum Gasteiger partial charge on any atom is 0.227 e. The molecule has 0 aliphatic carbocycles. The molecule has 1 aliphatic rings. The van der Waals surface area contributed by atoms with Gasteiger partial charge in [-0.05, 0) is 30.5 Å². The number of aromatic hydroxyl groups is 1. The summed E-state index contributed by atoms with van der Waals surface area (Å²) in [5, 5.41) is 18.8. The quantitative estimate of drug-likeness (QED) is 0.876. The summed E-state index contributed by atoms with van der Waals surface area (Å²) in [5.74, 6) is 0.0600. The number of halogens is 1. The number of phenolic OH excluding ortho intramolecular Hbond substituents is 1. The highest BCUT2D eigenvalue weighted by atomic mass is 35.5. The fraction of sp³-hybridized carbons (Fsp3) is 0.462. The van der Waals surface area contributed by atoms with Crippen molar-refractivity contribution in [3.8, 4) is 5.75 Å². The fourth-order valence-corrected chi connectivity index (χ4v) is 2.54. The Kier molecular flexibility index (Phi) is 4.09. The number of aliphatic hydroxyl groups excluding tert-OH is 1. The van der Waals surface area contributed by atoms with Gasteiger partial charge in [-0.1, -0.05) is 17.7 Å². The zero-order valence-electron chi connectivity index (χ0n) is 9.97. The molecule has 0 saturated carbocycles. The summed E-state index contributed by atoms with van der Waals surface area (Å²) >= 11 is 5.97. The number of hydrogen-bond acceptors (Lipinski definition) is 3. The number of amides is 1. The summed E-state index contributed by atoms with van der Waals surface area (Å²) in [6.07, 6.45) is 1.99. The van der Waals surface area contributed by atoms with Gasteiger partial charge in [-0.15, -0.1) is 0 Å². The molecule has 18 heavy (non-hydrogen) atoms. The van der Waals surface area contributed by atoms with Crippen LogP contribution in [0.1, 0.15) is 18.4 Å². The minimum absolute atomic E-state index is 0.00898. The molecule has 5 heteroatoms. The molecule has 1 saturated heterocycles. The minimum Gasteiger partial charge on any atom is -0.508 e.